The Morgan fingerprint density at radius 3 is 1.29 bits per heavy atom. The van der Waals surface area contributed by atoms with Crippen molar-refractivity contribution in [3.8, 4) is 0 Å². The van der Waals surface area contributed by atoms with Crippen molar-refractivity contribution in [3.05, 3.63) is 0 Å². The molecule has 0 aromatic heterocycles. The lowest BCUT2D eigenvalue weighted by Gasteiger charge is -2.53. The fraction of sp³-hybridized carbons (Fsp3) is 1.00. The highest BCUT2D eigenvalue weighted by Gasteiger charge is 2.56. The lowest BCUT2D eigenvalue weighted by atomic mass is 10.1. The summed E-state index contributed by atoms with van der Waals surface area (Å²) in [6, 6.07) is 1.35. The van der Waals surface area contributed by atoms with Gasteiger partial charge in [0.15, 0.2) is 0 Å². The van der Waals surface area contributed by atoms with Gasteiger partial charge in [0.05, 0.1) is 0 Å². The third-order valence-corrected chi connectivity index (χ3v) is 10.3. The van der Waals surface area contributed by atoms with Crippen LogP contribution in [0.15, 0.2) is 0 Å². The molecule has 0 atom stereocenters. The van der Waals surface area contributed by atoms with Gasteiger partial charge in [0, 0.05) is 26.3 Å². The summed E-state index contributed by atoms with van der Waals surface area (Å²) >= 11 is 0. The number of nitrogens with zero attached hydrogens (tertiary/aromatic N) is 2. The molecule has 0 radical (unpaired) electrons. The van der Waals surface area contributed by atoms with Crippen molar-refractivity contribution in [2.45, 2.75) is 95.6 Å². The highest BCUT2D eigenvalue weighted by molar-refractivity contribution is 6.61. The highest BCUT2D eigenvalue weighted by Crippen LogP contribution is 2.35. The highest BCUT2D eigenvalue weighted by atomic mass is 28.4. The van der Waals surface area contributed by atoms with Gasteiger partial charge in [0.2, 0.25) is 0 Å². The summed E-state index contributed by atoms with van der Waals surface area (Å²) in [5.41, 5.74) is 0. The van der Waals surface area contributed by atoms with Gasteiger partial charge in [-0.2, -0.15) is 0 Å². The zero-order chi connectivity index (χ0) is 16.8. The topological polar surface area (TPSA) is 24.9 Å². The van der Waals surface area contributed by atoms with Crippen molar-refractivity contribution in [2.24, 2.45) is 0 Å². The first kappa shape index (κ1) is 18.8. The maximum absolute atomic E-state index is 6.31. The molecule has 3 rings (SSSR count). The largest absolute Gasteiger partial charge is 0.522 e. The van der Waals surface area contributed by atoms with Gasteiger partial charge in [-0.15, -0.1) is 0 Å². The number of hydrogen-bond acceptors (Lipinski definition) is 4. The summed E-state index contributed by atoms with van der Waals surface area (Å²) < 4.78 is 18.0. The van der Waals surface area contributed by atoms with Crippen LogP contribution in [-0.2, 0) is 8.85 Å². The molecule has 0 aromatic rings. The van der Waals surface area contributed by atoms with Crippen LogP contribution in [-0.4, -0.2) is 57.4 Å². The second kappa shape index (κ2) is 9.13. The van der Waals surface area contributed by atoms with Crippen LogP contribution in [0.5, 0.6) is 0 Å². The summed E-state index contributed by atoms with van der Waals surface area (Å²) in [6.45, 7) is 2.34. The van der Waals surface area contributed by atoms with Crippen LogP contribution in [0.2, 0.25) is 0 Å². The molecule has 140 valence electrons. The summed E-state index contributed by atoms with van der Waals surface area (Å²) in [4.78, 5) is 0. The third-order valence-electron chi connectivity index (χ3n) is 6.59. The predicted octanol–water partition coefficient (Wildman–Crippen LogP) is 4.17. The maximum atomic E-state index is 6.31. The van der Waals surface area contributed by atoms with E-state index in [1.54, 1.807) is 0 Å². The molecule has 0 amide bonds. The van der Waals surface area contributed by atoms with E-state index >= 15 is 0 Å². The zero-order valence-corrected chi connectivity index (χ0v) is 17.0. The van der Waals surface area contributed by atoms with E-state index < -0.39 is 8.88 Å². The summed E-state index contributed by atoms with van der Waals surface area (Å²) in [6.07, 6.45) is 17.7. The fourth-order valence-electron chi connectivity index (χ4n) is 5.38. The first-order valence-corrected chi connectivity index (χ1v) is 12.2. The van der Waals surface area contributed by atoms with Gasteiger partial charge >= 0.3 is 8.88 Å². The summed E-state index contributed by atoms with van der Waals surface area (Å²) in [7, 11) is 1.38. The van der Waals surface area contributed by atoms with E-state index in [9.17, 15) is 0 Å². The van der Waals surface area contributed by atoms with E-state index in [2.05, 4.69) is 9.13 Å². The Kier molecular flexibility index (Phi) is 7.16. The van der Waals surface area contributed by atoms with Crippen molar-refractivity contribution in [2.75, 3.05) is 27.3 Å². The molecular weight excluding hydrogens is 316 g/mol. The Hall–Kier alpha value is 0.0569. The normalized spacial score (nSPS) is 29.2. The minimum atomic E-state index is -2.44. The molecular formula is C19H38N2O2Si. The molecule has 0 aromatic carbocycles. The smallest absolute Gasteiger partial charge is 0.374 e. The van der Waals surface area contributed by atoms with E-state index in [0.717, 1.165) is 0 Å². The van der Waals surface area contributed by atoms with E-state index in [1.807, 2.05) is 14.2 Å². The predicted molar refractivity (Wildman–Crippen MR) is 101 cm³/mol. The molecule has 3 aliphatic rings. The SMILES string of the molecule is CO[Si]1(OC)N(C2CCCCCC2)CCCN1C1CCCCCC1. The van der Waals surface area contributed by atoms with E-state index in [1.165, 1.54) is 96.6 Å². The molecule has 5 heteroatoms. The monoisotopic (exact) mass is 354 g/mol. The molecule has 1 heterocycles. The Morgan fingerprint density at radius 1 is 0.583 bits per heavy atom. The third kappa shape index (κ3) is 3.90. The van der Waals surface area contributed by atoms with Crippen LogP contribution in [0.25, 0.3) is 0 Å². The van der Waals surface area contributed by atoms with Gasteiger partial charge in [-0.3, -0.25) is 9.13 Å². The lowest BCUT2D eigenvalue weighted by molar-refractivity contribution is 0.0289. The molecule has 0 bridgehead atoms. The quantitative estimate of drug-likeness (QED) is 0.559. The van der Waals surface area contributed by atoms with Crippen LogP contribution < -0.4 is 0 Å². The lowest BCUT2D eigenvalue weighted by Crippen LogP contribution is -2.75. The molecule has 4 nitrogen and oxygen atoms in total. The van der Waals surface area contributed by atoms with Crippen molar-refractivity contribution < 1.29 is 8.85 Å². The Balaban J connectivity index is 1.82. The van der Waals surface area contributed by atoms with E-state index in [4.69, 9.17) is 8.85 Å². The standard InChI is InChI=1S/C19H38N2O2Si/c1-22-24(23-2)20(18-12-7-3-4-8-13-18)16-11-17-21(24)19-14-9-5-6-10-15-19/h18-19H,3-17H2,1-2H3. The van der Waals surface area contributed by atoms with Gasteiger partial charge in [0.25, 0.3) is 0 Å². The molecule has 0 N–H and O–H groups in total. The maximum Gasteiger partial charge on any atom is 0.522 e. The molecule has 1 saturated heterocycles. The number of hydrogen-bond donors (Lipinski definition) is 0. The molecule has 0 spiro atoms. The Labute approximate surface area is 150 Å². The van der Waals surface area contributed by atoms with Gasteiger partial charge in [-0.05, 0) is 45.2 Å². The van der Waals surface area contributed by atoms with Crippen LogP contribution in [0.4, 0.5) is 0 Å². The van der Waals surface area contributed by atoms with Crippen LogP contribution >= 0.6 is 0 Å². The molecule has 24 heavy (non-hydrogen) atoms. The van der Waals surface area contributed by atoms with Crippen LogP contribution in [0, 0.1) is 0 Å². The van der Waals surface area contributed by atoms with Gasteiger partial charge in [0.1, 0.15) is 0 Å². The second-order valence-corrected chi connectivity index (χ2v) is 11.1. The van der Waals surface area contributed by atoms with Crippen molar-refractivity contribution in [1.29, 1.82) is 0 Å². The van der Waals surface area contributed by atoms with Gasteiger partial charge < -0.3 is 8.85 Å². The Morgan fingerprint density at radius 2 is 0.958 bits per heavy atom. The minimum Gasteiger partial charge on any atom is -0.374 e. The first-order chi connectivity index (χ1) is 11.8. The second-order valence-electron chi connectivity index (χ2n) is 7.99. The minimum absolute atomic E-state index is 0.674. The van der Waals surface area contributed by atoms with Gasteiger partial charge in [-0.1, -0.05) is 51.4 Å². The average molecular weight is 355 g/mol. The van der Waals surface area contributed by atoms with Crippen molar-refractivity contribution in [1.82, 2.24) is 9.13 Å². The zero-order valence-electron chi connectivity index (χ0n) is 16.0. The molecule has 1 aliphatic heterocycles. The van der Waals surface area contributed by atoms with Crippen LogP contribution in [0.3, 0.4) is 0 Å². The fourth-order valence-corrected chi connectivity index (χ4v) is 9.13. The van der Waals surface area contributed by atoms with Gasteiger partial charge in [-0.25, -0.2) is 0 Å². The Bertz CT molecular complexity index is 332. The molecule has 2 aliphatic carbocycles. The average Bonchev–Trinajstić information content (AvgIpc) is 3.06. The molecule has 3 fully saturated rings. The molecule has 2 saturated carbocycles. The molecule has 0 unspecified atom stereocenters. The summed E-state index contributed by atoms with van der Waals surface area (Å²) in [5, 5.41) is 0. The van der Waals surface area contributed by atoms with Crippen molar-refractivity contribution >= 4 is 8.88 Å². The van der Waals surface area contributed by atoms with E-state index in [-0.39, 0.29) is 0 Å². The van der Waals surface area contributed by atoms with E-state index in [0.29, 0.717) is 12.1 Å². The first-order valence-electron chi connectivity index (χ1n) is 10.5. The van der Waals surface area contributed by atoms with Crippen molar-refractivity contribution in [3.63, 3.8) is 0 Å². The number of rotatable bonds is 4. The summed E-state index contributed by atoms with van der Waals surface area (Å²) in [5.74, 6) is 0. The van der Waals surface area contributed by atoms with Crippen LogP contribution in [0.1, 0.15) is 83.5 Å².